The lowest BCUT2D eigenvalue weighted by atomic mass is 10.0. The zero-order valence-electron chi connectivity index (χ0n) is 18.1. The quantitative estimate of drug-likeness (QED) is 0.435. The highest BCUT2D eigenvalue weighted by atomic mass is 32.2. The van der Waals surface area contributed by atoms with Crippen LogP contribution in [0.2, 0.25) is 0 Å². The summed E-state index contributed by atoms with van der Waals surface area (Å²) in [6, 6.07) is 11.0. The number of benzene rings is 2. The maximum Gasteiger partial charge on any atom is 0.330 e. The summed E-state index contributed by atoms with van der Waals surface area (Å²) in [5, 5.41) is 0.803. The van der Waals surface area contributed by atoms with Crippen molar-refractivity contribution in [1.82, 2.24) is 9.88 Å². The van der Waals surface area contributed by atoms with Gasteiger partial charge in [-0.2, -0.15) is 0 Å². The molecule has 2 aliphatic rings. The number of para-hydroxylation sites is 1. The third-order valence-electron chi connectivity index (χ3n) is 6.52. The summed E-state index contributed by atoms with van der Waals surface area (Å²) in [6.45, 7) is 1.65. The number of aromatic amines is 1. The van der Waals surface area contributed by atoms with E-state index >= 15 is 0 Å². The number of carbonyl (C=O) groups is 3. The number of nitrogens with zero attached hydrogens (tertiary/aromatic N) is 1. The molecule has 2 saturated heterocycles. The van der Waals surface area contributed by atoms with Crippen LogP contribution in [0.1, 0.15) is 41.3 Å². The van der Waals surface area contributed by atoms with Crippen LogP contribution in [0.5, 0.6) is 0 Å². The Kier molecular flexibility index (Phi) is 5.48. The fraction of sp³-hybridized carbons (Fsp3) is 0.320. The van der Waals surface area contributed by atoms with E-state index in [1.807, 2.05) is 25.1 Å². The van der Waals surface area contributed by atoms with Crippen molar-refractivity contribution in [2.24, 2.45) is 0 Å². The first-order valence-electron chi connectivity index (χ1n) is 11.0. The summed E-state index contributed by atoms with van der Waals surface area (Å²) >= 11 is 1.49. The number of thioether (sulfide) groups is 1. The number of ketones is 1. The molecule has 170 valence electrons. The third-order valence-corrected chi connectivity index (χ3v) is 8.12. The fourth-order valence-electron chi connectivity index (χ4n) is 4.88. The Balaban J connectivity index is 1.32. The number of H-pyrrole nitrogens is 1. The average Bonchev–Trinajstić information content (AvgIpc) is 3.52. The van der Waals surface area contributed by atoms with Gasteiger partial charge >= 0.3 is 5.97 Å². The van der Waals surface area contributed by atoms with E-state index in [-0.39, 0.29) is 17.5 Å². The predicted molar refractivity (Wildman–Crippen MR) is 123 cm³/mol. The Hall–Kier alpha value is -3.13. The van der Waals surface area contributed by atoms with Crippen LogP contribution in [0.15, 0.2) is 48.7 Å². The molecule has 1 amide bonds. The van der Waals surface area contributed by atoms with E-state index in [2.05, 4.69) is 4.98 Å². The van der Waals surface area contributed by atoms with Crippen molar-refractivity contribution in [2.45, 2.75) is 37.1 Å². The summed E-state index contributed by atoms with van der Waals surface area (Å²) in [7, 11) is 0. The fourth-order valence-corrected chi connectivity index (χ4v) is 6.52. The Bertz CT molecular complexity index is 1260. The zero-order valence-corrected chi connectivity index (χ0v) is 18.9. The number of esters is 1. The lowest BCUT2D eigenvalue weighted by Crippen LogP contribution is -2.47. The minimum atomic E-state index is -0.780. The molecule has 2 fully saturated rings. The van der Waals surface area contributed by atoms with Gasteiger partial charge in [0.1, 0.15) is 16.7 Å². The van der Waals surface area contributed by atoms with Crippen LogP contribution in [0, 0.1) is 5.82 Å². The lowest BCUT2D eigenvalue weighted by Gasteiger charge is -2.33. The number of ether oxygens (including phenoxy) is 1. The van der Waals surface area contributed by atoms with E-state index in [4.69, 9.17) is 4.74 Å². The van der Waals surface area contributed by atoms with Gasteiger partial charge in [0, 0.05) is 34.8 Å². The summed E-state index contributed by atoms with van der Waals surface area (Å²) in [4.78, 5) is 42.5. The highest BCUT2D eigenvalue weighted by Gasteiger charge is 2.57. The molecule has 5 rings (SSSR count). The van der Waals surface area contributed by atoms with Gasteiger partial charge in [0.2, 0.25) is 11.7 Å². The van der Waals surface area contributed by atoms with Crippen molar-refractivity contribution < 1.29 is 23.5 Å². The van der Waals surface area contributed by atoms with Crippen molar-refractivity contribution in [3.8, 4) is 0 Å². The van der Waals surface area contributed by atoms with Crippen molar-refractivity contribution in [1.29, 1.82) is 0 Å². The normalized spacial score (nSPS) is 22.1. The SMILES string of the molecule is CCc1cccc2c(C(=O)COC(=O)[C@H]3CS[C@@]4(c5ccc(F)cc5)CCC(=O)N34)c[nH]c12. The van der Waals surface area contributed by atoms with Crippen LogP contribution in [0.4, 0.5) is 4.39 Å². The van der Waals surface area contributed by atoms with Gasteiger partial charge in [-0.15, -0.1) is 11.8 Å². The molecule has 8 heteroatoms. The largest absolute Gasteiger partial charge is 0.456 e. The Morgan fingerprint density at radius 3 is 2.79 bits per heavy atom. The first-order chi connectivity index (χ1) is 15.9. The first kappa shape index (κ1) is 21.7. The minimum Gasteiger partial charge on any atom is -0.456 e. The average molecular weight is 467 g/mol. The van der Waals surface area contributed by atoms with Gasteiger partial charge in [-0.3, -0.25) is 9.59 Å². The van der Waals surface area contributed by atoms with Crippen LogP contribution >= 0.6 is 11.8 Å². The van der Waals surface area contributed by atoms with E-state index in [1.54, 1.807) is 23.2 Å². The molecule has 0 unspecified atom stereocenters. The topological polar surface area (TPSA) is 79.5 Å². The number of aromatic nitrogens is 1. The van der Waals surface area contributed by atoms with E-state index in [0.29, 0.717) is 24.2 Å². The molecule has 0 saturated carbocycles. The van der Waals surface area contributed by atoms with Gasteiger partial charge in [0.05, 0.1) is 0 Å². The van der Waals surface area contributed by atoms with Gasteiger partial charge in [0.25, 0.3) is 0 Å². The Labute approximate surface area is 194 Å². The highest BCUT2D eigenvalue weighted by molar-refractivity contribution is 8.00. The molecule has 0 bridgehead atoms. The molecular formula is C25H23FN2O4S. The molecule has 0 radical (unpaired) electrons. The highest BCUT2D eigenvalue weighted by Crippen LogP contribution is 2.54. The zero-order chi connectivity index (χ0) is 23.2. The van der Waals surface area contributed by atoms with Crippen molar-refractivity contribution in [2.75, 3.05) is 12.4 Å². The molecule has 0 spiro atoms. The number of hydrogen-bond acceptors (Lipinski definition) is 5. The molecular weight excluding hydrogens is 443 g/mol. The summed E-state index contributed by atoms with van der Waals surface area (Å²) in [5.74, 6) is -1.02. The third kappa shape index (κ3) is 3.53. The molecule has 0 aliphatic carbocycles. The second-order valence-corrected chi connectivity index (χ2v) is 9.61. The molecule has 1 N–H and O–H groups in total. The first-order valence-corrected chi connectivity index (χ1v) is 11.9. The van der Waals surface area contributed by atoms with Crippen molar-refractivity contribution in [3.63, 3.8) is 0 Å². The number of carbonyl (C=O) groups excluding carboxylic acids is 3. The van der Waals surface area contributed by atoms with Crippen LogP contribution in [0.25, 0.3) is 10.9 Å². The van der Waals surface area contributed by atoms with Gasteiger partial charge < -0.3 is 14.6 Å². The second-order valence-electron chi connectivity index (χ2n) is 8.31. The smallest absolute Gasteiger partial charge is 0.330 e. The van der Waals surface area contributed by atoms with E-state index in [9.17, 15) is 18.8 Å². The van der Waals surface area contributed by atoms with Crippen molar-refractivity contribution >= 4 is 40.3 Å². The Morgan fingerprint density at radius 1 is 1.24 bits per heavy atom. The van der Waals surface area contributed by atoms with Crippen LogP contribution in [0.3, 0.4) is 0 Å². The minimum absolute atomic E-state index is 0.138. The van der Waals surface area contributed by atoms with Crippen LogP contribution in [-0.2, 0) is 25.6 Å². The van der Waals surface area contributed by atoms with Gasteiger partial charge in [-0.05, 0) is 36.1 Å². The maximum absolute atomic E-state index is 13.4. The van der Waals surface area contributed by atoms with Crippen molar-refractivity contribution in [3.05, 3.63) is 71.2 Å². The van der Waals surface area contributed by atoms with Gasteiger partial charge in [-0.25, -0.2) is 9.18 Å². The van der Waals surface area contributed by atoms with Crippen LogP contribution < -0.4 is 0 Å². The predicted octanol–water partition coefficient (Wildman–Crippen LogP) is 4.19. The molecule has 6 nitrogen and oxygen atoms in total. The second kappa shape index (κ2) is 8.33. The van der Waals surface area contributed by atoms with Gasteiger partial charge in [-0.1, -0.05) is 37.3 Å². The van der Waals surface area contributed by atoms with E-state index < -0.39 is 23.5 Å². The maximum atomic E-state index is 13.4. The molecule has 2 aromatic carbocycles. The number of fused-ring (bicyclic) bond motifs is 2. The summed E-state index contributed by atoms with van der Waals surface area (Å²) in [6.07, 6.45) is 3.33. The molecule has 33 heavy (non-hydrogen) atoms. The molecule has 3 aromatic rings. The van der Waals surface area contributed by atoms with E-state index in [1.165, 1.54) is 23.9 Å². The number of rotatable bonds is 6. The number of Topliss-reactive ketones (excluding diaryl/α,β-unsaturated/α-hetero) is 1. The van der Waals surface area contributed by atoms with Crippen LogP contribution in [-0.4, -0.2) is 45.9 Å². The molecule has 2 aliphatic heterocycles. The van der Waals surface area contributed by atoms with E-state index in [0.717, 1.165) is 28.5 Å². The van der Waals surface area contributed by atoms with Gasteiger partial charge in [0.15, 0.2) is 6.61 Å². The molecule has 3 heterocycles. The monoisotopic (exact) mass is 466 g/mol. The standard InChI is InChI=1S/C25H23FN2O4S/c1-2-15-4-3-5-18-19(12-27-23(15)18)21(29)13-32-24(31)20-14-33-25(11-10-22(30)28(20)25)16-6-8-17(26)9-7-16/h3-9,12,20,27H,2,10-11,13-14H2,1H3/t20-,25-/m1/s1. The number of halogens is 1. The number of aryl methyl sites for hydroxylation is 1. The number of nitrogens with one attached hydrogen (secondary N) is 1. The number of amides is 1. The molecule has 2 atom stereocenters. The molecule has 1 aromatic heterocycles. The number of hydrogen-bond donors (Lipinski definition) is 1. The summed E-state index contributed by atoms with van der Waals surface area (Å²) in [5.41, 5.74) is 3.29. The lowest BCUT2D eigenvalue weighted by molar-refractivity contribution is -0.152. The summed E-state index contributed by atoms with van der Waals surface area (Å²) < 4.78 is 18.8. The Morgan fingerprint density at radius 2 is 2.03 bits per heavy atom.